The third kappa shape index (κ3) is 4.88. The summed E-state index contributed by atoms with van der Waals surface area (Å²) in [5, 5.41) is 1.15. The minimum absolute atomic E-state index is 0.327. The van der Waals surface area contributed by atoms with E-state index in [0.29, 0.717) is 6.04 Å². The van der Waals surface area contributed by atoms with Crippen LogP contribution in [0.15, 0.2) is 24.3 Å². The van der Waals surface area contributed by atoms with Gasteiger partial charge in [-0.2, -0.15) is 0 Å². The number of morpholine rings is 1. The summed E-state index contributed by atoms with van der Waals surface area (Å²) in [5.74, 6) is 0. The molecule has 4 nitrogen and oxygen atoms in total. The van der Waals surface area contributed by atoms with Crippen LogP contribution in [0.2, 0.25) is 0 Å². The average Bonchev–Trinajstić information content (AvgIpc) is 2.93. The summed E-state index contributed by atoms with van der Waals surface area (Å²) < 4.78 is 5.44. The van der Waals surface area contributed by atoms with E-state index in [1.54, 1.807) is 11.3 Å². The molecule has 0 aliphatic carbocycles. The first-order chi connectivity index (χ1) is 12.0. The fraction of sp³-hybridized carbons (Fsp3) is 0.550. The molecule has 1 aromatic heterocycles. The Kier molecular flexibility index (Phi) is 6.23. The van der Waals surface area contributed by atoms with Crippen LogP contribution in [0.1, 0.15) is 39.7 Å². The van der Waals surface area contributed by atoms with Crippen LogP contribution in [0.5, 0.6) is 0 Å². The summed E-state index contributed by atoms with van der Waals surface area (Å²) in [4.78, 5) is 10.9. The van der Waals surface area contributed by atoms with Crippen LogP contribution in [0.3, 0.4) is 0 Å². The zero-order chi connectivity index (χ0) is 17.8. The Morgan fingerprint density at radius 2 is 1.96 bits per heavy atom. The van der Waals surface area contributed by atoms with Gasteiger partial charge in [0.2, 0.25) is 0 Å². The Bertz CT molecular complexity index is 694. The fourth-order valence-electron chi connectivity index (χ4n) is 3.41. The van der Waals surface area contributed by atoms with E-state index >= 15 is 0 Å². The molecule has 1 aliphatic rings. The minimum Gasteiger partial charge on any atom is -0.379 e. The summed E-state index contributed by atoms with van der Waals surface area (Å²) >= 11 is 1.79. The Hall–Kier alpha value is -1.27. The standard InChI is InChI=1S/C20H29N3OS/c1-15(20-16(2)25-17(3)21-20)22(4)13-18-6-5-7-19(12-18)14-23-8-10-24-11-9-23/h5-7,12,15H,8-11,13-14H2,1-4H3/t15-/m1/s1. The van der Waals surface area contributed by atoms with Gasteiger partial charge in [-0.05, 0) is 38.9 Å². The number of ether oxygens (including phenoxy) is 1. The molecule has 0 spiro atoms. The van der Waals surface area contributed by atoms with E-state index in [-0.39, 0.29) is 0 Å². The Labute approximate surface area is 155 Å². The first-order valence-corrected chi connectivity index (χ1v) is 9.86. The van der Waals surface area contributed by atoms with Crippen molar-refractivity contribution in [1.82, 2.24) is 14.8 Å². The topological polar surface area (TPSA) is 28.6 Å². The van der Waals surface area contributed by atoms with Crippen LogP contribution in [-0.4, -0.2) is 48.1 Å². The van der Waals surface area contributed by atoms with Gasteiger partial charge in [0, 0.05) is 31.1 Å². The van der Waals surface area contributed by atoms with Crippen molar-refractivity contribution >= 4 is 11.3 Å². The molecule has 0 radical (unpaired) electrons. The normalized spacial score (nSPS) is 17.2. The van der Waals surface area contributed by atoms with Crippen LogP contribution in [0.25, 0.3) is 0 Å². The van der Waals surface area contributed by atoms with Gasteiger partial charge in [-0.25, -0.2) is 4.98 Å². The van der Waals surface area contributed by atoms with Crippen LogP contribution in [0, 0.1) is 13.8 Å². The molecule has 1 aliphatic heterocycles. The molecule has 2 heterocycles. The van der Waals surface area contributed by atoms with E-state index in [1.165, 1.54) is 21.7 Å². The monoisotopic (exact) mass is 359 g/mol. The molecule has 0 amide bonds. The molecule has 1 saturated heterocycles. The van der Waals surface area contributed by atoms with Gasteiger partial charge in [0.25, 0.3) is 0 Å². The second kappa shape index (κ2) is 8.41. The smallest absolute Gasteiger partial charge is 0.0900 e. The maximum atomic E-state index is 5.44. The molecule has 1 aromatic carbocycles. The van der Waals surface area contributed by atoms with Gasteiger partial charge < -0.3 is 4.74 Å². The quantitative estimate of drug-likeness (QED) is 0.785. The molecule has 3 rings (SSSR count). The van der Waals surface area contributed by atoms with E-state index in [1.807, 2.05) is 0 Å². The number of thiazole rings is 1. The highest BCUT2D eigenvalue weighted by molar-refractivity contribution is 7.11. The third-order valence-corrected chi connectivity index (χ3v) is 5.83. The van der Waals surface area contributed by atoms with Gasteiger partial charge in [0.1, 0.15) is 0 Å². The minimum atomic E-state index is 0.327. The third-order valence-electron chi connectivity index (χ3n) is 4.93. The van der Waals surface area contributed by atoms with Crippen LogP contribution >= 0.6 is 11.3 Å². The molecule has 0 saturated carbocycles. The largest absolute Gasteiger partial charge is 0.379 e. The van der Waals surface area contributed by atoms with Crippen molar-refractivity contribution in [3.63, 3.8) is 0 Å². The summed E-state index contributed by atoms with van der Waals surface area (Å²) in [6.45, 7) is 12.2. The molecule has 0 N–H and O–H groups in total. The Morgan fingerprint density at radius 1 is 1.24 bits per heavy atom. The maximum Gasteiger partial charge on any atom is 0.0900 e. The molecule has 1 atom stereocenters. The molecule has 136 valence electrons. The van der Waals surface area contributed by atoms with E-state index in [2.05, 4.69) is 61.9 Å². The van der Waals surface area contributed by atoms with Crippen LogP contribution < -0.4 is 0 Å². The van der Waals surface area contributed by atoms with Gasteiger partial charge in [0.05, 0.1) is 30.0 Å². The molecule has 2 aromatic rings. The van der Waals surface area contributed by atoms with Crippen molar-refractivity contribution in [3.8, 4) is 0 Å². The first-order valence-electron chi connectivity index (χ1n) is 9.05. The lowest BCUT2D eigenvalue weighted by molar-refractivity contribution is 0.0342. The molecule has 1 fully saturated rings. The number of benzene rings is 1. The number of hydrogen-bond acceptors (Lipinski definition) is 5. The Morgan fingerprint density at radius 3 is 2.64 bits per heavy atom. The molecule has 0 unspecified atom stereocenters. The average molecular weight is 360 g/mol. The number of hydrogen-bond donors (Lipinski definition) is 0. The first kappa shape index (κ1) is 18.5. The highest BCUT2D eigenvalue weighted by Crippen LogP contribution is 2.27. The van der Waals surface area contributed by atoms with Crippen molar-refractivity contribution in [3.05, 3.63) is 51.0 Å². The van der Waals surface area contributed by atoms with Crippen molar-refractivity contribution in [2.24, 2.45) is 0 Å². The second-order valence-corrected chi connectivity index (χ2v) is 8.38. The van der Waals surface area contributed by atoms with E-state index in [4.69, 9.17) is 9.72 Å². The lowest BCUT2D eigenvalue weighted by Crippen LogP contribution is -2.35. The molecule has 0 bridgehead atoms. The number of rotatable bonds is 6. The summed E-state index contributed by atoms with van der Waals surface area (Å²) in [7, 11) is 2.19. The lowest BCUT2D eigenvalue weighted by atomic mass is 10.1. The van der Waals surface area contributed by atoms with Crippen LogP contribution in [-0.2, 0) is 17.8 Å². The summed E-state index contributed by atoms with van der Waals surface area (Å²) in [6.07, 6.45) is 0. The number of aryl methyl sites for hydroxylation is 2. The number of aromatic nitrogens is 1. The van der Waals surface area contributed by atoms with E-state index < -0.39 is 0 Å². The van der Waals surface area contributed by atoms with Gasteiger partial charge in [-0.1, -0.05) is 24.3 Å². The molecular formula is C20H29N3OS. The fourth-order valence-corrected chi connectivity index (χ4v) is 4.32. The molecule has 25 heavy (non-hydrogen) atoms. The number of nitrogens with zero attached hydrogens (tertiary/aromatic N) is 3. The zero-order valence-electron chi connectivity index (χ0n) is 15.8. The summed E-state index contributed by atoms with van der Waals surface area (Å²) in [6, 6.07) is 9.31. The van der Waals surface area contributed by atoms with E-state index in [9.17, 15) is 0 Å². The van der Waals surface area contributed by atoms with Crippen molar-refractivity contribution in [2.45, 2.75) is 39.9 Å². The van der Waals surface area contributed by atoms with Crippen molar-refractivity contribution in [1.29, 1.82) is 0 Å². The predicted octanol–water partition coefficient (Wildman–Crippen LogP) is 3.79. The zero-order valence-corrected chi connectivity index (χ0v) is 16.6. The molecule has 5 heteroatoms. The Balaban J connectivity index is 1.63. The SMILES string of the molecule is Cc1nc([C@@H](C)N(C)Cc2cccc(CN3CCOCC3)c2)c(C)s1. The van der Waals surface area contributed by atoms with Crippen molar-refractivity contribution in [2.75, 3.05) is 33.4 Å². The maximum absolute atomic E-state index is 5.44. The van der Waals surface area contributed by atoms with Crippen molar-refractivity contribution < 1.29 is 4.74 Å². The van der Waals surface area contributed by atoms with E-state index in [0.717, 1.165) is 44.4 Å². The lowest BCUT2D eigenvalue weighted by Gasteiger charge is -2.27. The predicted molar refractivity (Wildman–Crippen MR) is 104 cm³/mol. The van der Waals surface area contributed by atoms with Crippen LogP contribution in [0.4, 0.5) is 0 Å². The highest BCUT2D eigenvalue weighted by Gasteiger charge is 2.18. The van der Waals surface area contributed by atoms with Gasteiger partial charge in [-0.15, -0.1) is 11.3 Å². The molecular weight excluding hydrogens is 330 g/mol. The van der Waals surface area contributed by atoms with Gasteiger partial charge >= 0.3 is 0 Å². The van der Waals surface area contributed by atoms with Gasteiger partial charge in [-0.3, -0.25) is 9.80 Å². The second-order valence-electron chi connectivity index (χ2n) is 6.97. The highest BCUT2D eigenvalue weighted by atomic mass is 32.1. The van der Waals surface area contributed by atoms with Gasteiger partial charge in [0.15, 0.2) is 0 Å². The summed E-state index contributed by atoms with van der Waals surface area (Å²) in [5.41, 5.74) is 3.97.